The first-order valence-electron chi connectivity index (χ1n) is 10.6. The largest absolute Gasteiger partial charge is 0.507 e. The van der Waals surface area contributed by atoms with Gasteiger partial charge in [-0.3, -0.25) is 0 Å². The van der Waals surface area contributed by atoms with Crippen LogP contribution in [0.2, 0.25) is 0 Å². The molecule has 0 unspecified atom stereocenters. The minimum absolute atomic E-state index is 0.278. The predicted molar refractivity (Wildman–Crippen MR) is 129 cm³/mol. The number of hydrogen-bond donors (Lipinski definition) is 2. The Kier molecular flexibility index (Phi) is 5.32. The van der Waals surface area contributed by atoms with Gasteiger partial charge in [-0.25, -0.2) is 0 Å². The molecule has 2 N–H and O–H groups in total. The van der Waals surface area contributed by atoms with Crippen molar-refractivity contribution in [1.29, 1.82) is 0 Å². The maximum atomic E-state index is 10.6. The van der Waals surface area contributed by atoms with E-state index in [1.165, 1.54) is 0 Å². The molecule has 0 aliphatic rings. The second-order valence-corrected chi connectivity index (χ2v) is 8.72. The van der Waals surface area contributed by atoms with Crippen LogP contribution in [0, 0.1) is 13.8 Å². The number of rotatable bonds is 4. The molecule has 31 heavy (non-hydrogen) atoms. The average molecular weight is 409 g/mol. The highest BCUT2D eigenvalue weighted by atomic mass is 16.3. The quantitative estimate of drug-likeness (QED) is 0.370. The lowest BCUT2D eigenvalue weighted by Gasteiger charge is -2.28. The molecule has 0 aliphatic heterocycles. The van der Waals surface area contributed by atoms with E-state index in [1.807, 2.05) is 48.5 Å². The Hall–Kier alpha value is -3.52. The first-order chi connectivity index (χ1) is 14.8. The van der Waals surface area contributed by atoms with Crippen LogP contribution in [0.15, 0.2) is 84.9 Å². The van der Waals surface area contributed by atoms with Crippen molar-refractivity contribution >= 4 is 0 Å². The lowest BCUT2D eigenvalue weighted by molar-refractivity contribution is 0.476. The van der Waals surface area contributed by atoms with Gasteiger partial charge in [0.15, 0.2) is 0 Å². The summed E-state index contributed by atoms with van der Waals surface area (Å²) in [6.45, 7) is 8.46. The molecule has 4 rings (SSSR count). The van der Waals surface area contributed by atoms with Crippen LogP contribution in [-0.4, -0.2) is 10.2 Å². The maximum absolute atomic E-state index is 10.6. The average Bonchev–Trinajstić information content (AvgIpc) is 2.75. The van der Waals surface area contributed by atoms with Crippen LogP contribution >= 0.6 is 0 Å². The molecule has 0 saturated carbocycles. The number of benzene rings is 4. The molecule has 2 nitrogen and oxygen atoms in total. The van der Waals surface area contributed by atoms with Gasteiger partial charge < -0.3 is 10.2 Å². The Morgan fingerprint density at radius 2 is 0.903 bits per heavy atom. The molecule has 0 heterocycles. The van der Waals surface area contributed by atoms with Gasteiger partial charge in [-0.05, 0) is 71.5 Å². The molecule has 0 amide bonds. The number of phenols is 2. The molecule has 0 spiro atoms. The van der Waals surface area contributed by atoms with Gasteiger partial charge in [0.05, 0.1) is 0 Å². The lowest BCUT2D eigenvalue weighted by atomic mass is 9.76. The van der Waals surface area contributed by atoms with E-state index in [-0.39, 0.29) is 16.9 Å². The Bertz CT molecular complexity index is 1150. The summed E-state index contributed by atoms with van der Waals surface area (Å²) >= 11 is 0. The molecule has 0 saturated heterocycles. The van der Waals surface area contributed by atoms with E-state index in [4.69, 9.17) is 0 Å². The van der Waals surface area contributed by atoms with Gasteiger partial charge in [0, 0.05) is 16.5 Å². The van der Waals surface area contributed by atoms with Crippen molar-refractivity contribution in [1.82, 2.24) is 0 Å². The van der Waals surface area contributed by atoms with Gasteiger partial charge in [-0.15, -0.1) is 0 Å². The SMILES string of the molecule is Cc1ccccc1-c1cc(C(C)(C)c2ccc(O)c(-c3ccccc3C)c2)ccc1O. The molecule has 0 fully saturated rings. The van der Waals surface area contributed by atoms with E-state index in [9.17, 15) is 10.2 Å². The topological polar surface area (TPSA) is 40.5 Å². The molecule has 0 atom stereocenters. The summed E-state index contributed by atoms with van der Waals surface area (Å²) < 4.78 is 0. The van der Waals surface area contributed by atoms with Crippen molar-refractivity contribution in [3.05, 3.63) is 107 Å². The minimum Gasteiger partial charge on any atom is -0.507 e. The standard InChI is InChI=1S/C29H28O2/c1-19-9-5-7-11-23(19)25-17-21(13-15-27(25)30)29(3,4)22-14-16-28(31)26(18-22)24-12-8-6-10-20(24)2/h5-18,30-31H,1-4H3. The van der Waals surface area contributed by atoms with Crippen molar-refractivity contribution in [2.75, 3.05) is 0 Å². The molecule has 0 aliphatic carbocycles. The van der Waals surface area contributed by atoms with Crippen molar-refractivity contribution in [2.45, 2.75) is 33.1 Å². The second-order valence-electron chi connectivity index (χ2n) is 8.72. The maximum Gasteiger partial charge on any atom is 0.123 e. The summed E-state index contributed by atoms with van der Waals surface area (Å²) in [5.74, 6) is 0.556. The highest BCUT2D eigenvalue weighted by Crippen LogP contribution is 2.41. The first kappa shape index (κ1) is 20.7. The Balaban J connectivity index is 1.83. The highest BCUT2D eigenvalue weighted by Gasteiger charge is 2.26. The van der Waals surface area contributed by atoms with E-state index >= 15 is 0 Å². The lowest BCUT2D eigenvalue weighted by Crippen LogP contribution is -2.19. The van der Waals surface area contributed by atoms with Crippen LogP contribution in [0.25, 0.3) is 22.3 Å². The first-order valence-corrected chi connectivity index (χ1v) is 10.6. The fourth-order valence-corrected chi connectivity index (χ4v) is 4.20. The summed E-state index contributed by atoms with van der Waals surface area (Å²) in [6.07, 6.45) is 0. The molecule has 4 aromatic carbocycles. The summed E-state index contributed by atoms with van der Waals surface area (Å²) in [5.41, 5.74) is 7.86. The van der Waals surface area contributed by atoms with Crippen LogP contribution in [-0.2, 0) is 5.41 Å². The van der Waals surface area contributed by atoms with E-state index in [2.05, 4.69) is 52.0 Å². The van der Waals surface area contributed by atoms with Gasteiger partial charge in [-0.1, -0.05) is 74.5 Å². The number of aromatic hydroxyl groups is 2. The highest BCUT2D eigenvalue weighted by molar-refractivity contribution is 5.76. The molecular formula is C29H28O2. The van der Waals surface area contributed by atoms with Crippen molar-refractivity contribution < 1.29 is 10.2 Å². The minimum atomic E-state index is -0.323. The molecule has 156 valence electrons. The third-order valence-electron chi connectivity index (χ3n) is 6.31. The van der Waals surface area contributed by atoms with Gasteiger partial charge in [0.2, 0.25) is 0 Å². The monoisotopic (exact) mass is 408 g/mol. The van der Waals surface area contributed by atoms with Crippen LogP contribution in [0.5, 0.6) is 11.5 Å². The van der Waals surface area contributed by atoms with Gasteiger partial charge in [0.1, 0.15) is 11.5 Å². The van der Waals surface area contributed by atoms with E-state index in [0.29, 0.717) is 0 Å². The van der Waals surface area contributed by atoms with Gasteiger partial charge in [-0.2, -0.15) is 0 Å². The molecule has 0 aromatic heterocycles. The third kappa shape index (κ3) is 3.82. The number of phenolic OH excluding ortho intramolecular Hbond substituents is 2. The fraction of sp³-hybridized carbons (Fsp3) is 0.172. The molecule has 4 aromatic rings. The summed E-state index contributed by atoms with van der Waals surface area (Å²) in [6, 6.07) is 27.9. The zero-order valence-electron chi connectivity index (χ0n) is 18.5. The zero-order chi connectivity index (χ0) is 22.2. The molecule has 2 heteroatoms. The summed E-state index contributed by atoms with van der Waals surface area (Å²) in [4.78, 5) is 0. The summed E-state index contributed by atoms with van der Waals surface area (Å²) in [7, 11) is 0. The predicted octanol–water partition coefficient (Wildman–Crippen LogP) is 7.37. The van der Waals surface area contributed by atoms with Crippen LogP contribution in [0.4, 0.5) is 0 Å². The zero-order valence-corrected chi connectivity index (χ0v) is 18.5. The molecular weight excluding hydrogens is 380 g/mol. The van der Waals surface area contributed by atoms with E-state index < -0.39 is 0 Å². The summed E-state index contributed by atoms with van der Waals surface area (Å²) in [5, 5.41) is 21.2. The number of aryl methyl sites for hydroxylation is 2. The molecule has 0 radical (unpaired) electrons. The van der Waals surface area contributed by atoms with Crippen LogP contribution < -0.4 is 0 Å². The van der Waals surface area contributed by atoms with Crippen molar-refractivity contribution in [3.63, 3.8) is 0 Å². The van der Waals surface area contributed by atoms with Gasteiger partial charge >= 0.3 is 0 Å². The van der Waals surface area contributed by atoms with Gasteiger partial charge in [0.25, 0.3) is 0 Å². The van der Waals surface area contributed by atoms with Crippen molar-refractivity contribution in [2.24, 2.45) is 0 Å². The number of hydrogen-bond acceptors (Lipinski definition) is 2. The second kappa shape index (κ2) is 7.96. The normalized spacial score (nSPS) is 11.5. The third-order valence-corrected chi connectivity index (χ3v) is 6.31. The van der Waals surface area contributed by atoms with Crippen LogP contribution in [0.3, 0.4) is 0 Å². The Morgan fingerprint density at radius 3 is 1.29 bits per heavy atom. The van der Waals surface area contributed by atoms with Crippen molar-refractivity contribution in [3.8, 4) is 33.8 Å². The fourth-order valence-electron chi connectivity index (χ4n) is 4.20. The Labute approximate surface area is 184 Å². The Morgan fingerprint density at radius 1 is 0.516 bits per heavy atom. The van der Waals surface area contributed by atoms with E-state index in [1.54, 1.807) is 12.1 Å². The molecule has 0 bridgehead atoms. The smallest absolute Gasteiger partial charge is 0.123 e. The van der Waals surface area contributed by atoms with E-state index in [0.717, 1.165) is 44.5 Å². The van der Waals surface area contributed by atoms with Crippen LogP contribution in [0.1, 0.15) is 36.1 Å².